The Kier molecular flexibility index (Phi) is 4.37. The van der Waals surface area contributed by atoms with Crippen LogP contribution in [0, 0.1) is 6.92 Å². The van der Waals surface area contributed by atoms with E-state index in [0.29, 0.717) is 27.7 Å². The molecule has 1 unspecified atom stereocenters. The van der Waals surface area contributed by atoms with Crippen molar-refractivity contribution in [2.45, 2.75) is 13.0 Å². The number of hydrogen-bond donors (Lipinski definition) is 2. The predicted molar refractivity (Wildman–Crippen MR) is 97.9 cm³/mol. The van der Waals surface area contributed by atoms with Crippen LogP contribution in [0.25, 0.3) is 11.0 Å². The highest BCUT2D eigenvalue weighted by molar-refractivity contribution is 6.35. The van der Waals surface area contributed by atoms with Crippen LogP contribution >= 0.6 is 11.6 Å². The molecule has 1 aliphatic rings. The van der Waals surface area contributed by atoms with Gasteiger partial charge in [0.05, 0.1) is 5.02 Å². The molecule has 4 rings (SSSR count). The molecule has 0 saturated carbocycles. The molecule has 2 heterocycles. The third-order valence-electron chi connectivity index (χ3n) is 4.22. The van der Waals surface area contributed by atoms with Gasteiger partial charge in [0.1, 0.15) is 6.61 Å². The van der Waals surface area contributed by atoms with Crippen molar-refractivity contribution in [1.29, 1.82) is 0 Å². The molecule has 2 N–H and O–H groups in total. The van der Waals surface area contributed by atoms with Gasteiger partial charge in [0.2, 0.25) is 6.10 Å². The van der Waals surface area contributed by atoms with E-state index in [4.69, 9.17) is 25.5 Å². The number of para-hydroxylation sites is 3. The molecule has 138 valence electrons. The molecule has 7 nitrogen and oxygen atoms in total. The van der Waals surface area contributed by atoms with Gasteiger partial charge in [-0.3, -0.25) is 20.4 Å². The van der Waals surface area contributed by atoms with Gasteiger partial charge in [-0.1, -0.05) is 35.9 Å². The third kappa shape index (κ3) is 3.17. The number of amides is 2. The first-order valence-corrected chi connectivity index (χ1v) is 8.58. The van der Waals surface area contributed by atoms with Crippen molar-refractivity contribution in [1.82, 2.24) is 10.9 Å². The van der Waals surface area contributed by atoms with Crippen molar-refractivity contribution in [3.63, 3.8) is 0 Å². The number of nitrogens with one attached hydrogen (secondary N) is 2. The number of rotatable bonds is 2. The summed E-state index contributed by atoms with van der Waals surface area (Å²) in [5.41, 5.74) is 5.72. The molecule has 0 saturated heterocycles. The molecule has 0 radical (unpaired) electrons. The van der Waals surface area contributed by atoms with Crippen molar-refractivity contribution in [3.8, 4) is 11.5 Å². The maximum absolute atomic E-state index is 12.4. The highest BCUT2D eigenvalue weighted by Crippen LogP contribution is 2.31. The highest BCUT2D eigenvalue weighted by atomic mass is 35.5. The molecule has 0 aliphatic carbocycles. The molecule has 2 aromatic carbocycles. The lowest BCUT2D eigenvalue weighted by Crippen LogP contribution is -2.50. The molecule has 0 fully saturated rings. The van der Waals surface area contributed by atoms with Gasteiger partial charge in [0.15, 0.2) is 22.8 Å². The van der Waals surface area contributed by atoms with E-state index in [9.17, 15) is 9.59 Å². The molecule has 1 aromatic heterocycles. The zero-order chi connectivity index (χ0) is 19.0. The normalized spacial score (nSPS) is 15.4. The maximum atomic E-state index is 12.4. The quantitative estimate of drug-likeness (QED) is 0.661. The Morgan fingerprint density at radius 1 is 1.07 bits per heavy atom. The molecule has 8 heteroatoms. The van der Waals surface area contributed by atoms with Crippen molar-refractivity contribution in [2.24, 2.45) is 0 Å². The average molecular weight is 387 g/mol. The van der Waals surface area contributed by atoms with Crippen LogP contribution in [0.3, 0.4) is 0 Å². The number of carbonyl (C=O) groups excluding carboxylic acids is 2. The fourth-order valence-corrected chi connectivity index (χ4v) is 3.04. The number of hydrazine groups is 1. The molecule has 0 bridgehead atoms. The molecule has 1 aliphatic heterocycles. The summed E-state index contributed by atoms with van der Waals surface area (Å²) < 4.78 is 16.6. The number of ether oxygens (including phenoxy) is 2. The zero-order valence-corrected chi connectivity index (χ0v) is 15.0. The van der Waals surface area contributed by atoms with E-state index in [1.807, 2.05) is 6.07 Å². The number of furan rings is 1. The summed E-state index contributed by atoms with van der Waals surface area (Å²) in [6.07, 6.45) is -0.883. The van der Waals surface area contributed by atoms with Gasteiger partial charge in [-0.2, -0.15) is 0 Å². The van der Waals surface area contributed by atoms with E-state index in [0.717, 1.165) is 5.39 Å². The lowest BCUT2D eigenvalue weighted by molar-refractivity contribution is -0.131. The first-order valence-electron chi connectivity index (χ1n) is 8.21. The van der Waals surface area contributed by atoms with Gasteiger partial charge in [-0.15, -0.1) is 0 Å². The minimum atomic E-state index is -0.883. The summed E-state index contributed by atoms with van der Waals surface area (Å²) in [7, 11) is 0. The monoisotopic (exact) mass is 386 g/mol. The van der Waals surface area contributed by atoms with Crippen LogP contribution in [0.2, 0.25) is 5.02 Å². The summed E-state index contributed by atoms with van der Waals surface area (Å²) in [5.74, 6) is -0.0159. The molecule has 27 heavy (non-hydrogen) atoms. The Balaban J connectivity index is 1.43. The fraction of sp³-hybridized carbons (Fsp3) is 0.158. The average Bonchev–Trinajstić information content (AvgIpc) is 3.03. The van der Waals surface area contributed by atoms with E-state index in [1.54, 1.807) is 43.3 Å². The first-order chi connectivity index (χ1) is 13.0. The molecular formula is C19H15ClN2O5. The Morgan fingerprint density at radius 2 is 1.85 bits per heavy atom. The summed E-state index contributed by atoms with van der Waals surface area (Å²) in [4.78, 5) is 24.7. The molecule has 1 atom stereocenters. The van der Waals surface area contributed by atoms with Crippen molar-refractivity contribution < 1.29 is 23.5 Å². The summed E-state index contributed by atoms with van der Waals surface area (Å²) in [6, 6.07) is 12.3. The number of halogens is 1. The van der Waals surface area contributed by atoms with Gasteiger partial charge in [-0.05, 0) is 25.1 Å². The van der Waals surface area contributed by atoms with Gasteiger partial charge in [0, 0.05) is 10.9 Å². The maximum Gasteiger partial charge on any atom is 0.305 e. The second kappa shape index (κ2) is 6.85. The van der Waals surface area contributed by atoms with Gasteiger partial charge in [-0.25, -0.2) is 0 Å². The van der Waals surface area contributed by atoms with E-state index in [1.165, 1.54) is 0 Å². The Bertz CT molecular complexity index is 1050. The standard InChI is InChI=1S/C19H15ClN2O5/c1-10-11-5-4-6-12(20)17(11)27-16(10)19(24)22-21-18(23)15-9-25-13-7-2-3-8-14(13)26-15/h2-8,15H,9H2,1H3,(H,21,23)(H,22,24). The fourth-order valence-electron chi connectivity index (χ4n) is 2.83. The van der Waals surface area contributed by atoms with Gasteiger partial charge < -0.3 is 13.9 Å². The number of carbonyl (C=O) groups is 2. The first kappa shape index (κ1) is 17.2. The lowest BCUT2D eigenvalue weighted by atomic mass is 10.1. The van der Waals surface area contributed by atoms with E-state index < -0.39 is 17.9 Å². The second-order valence-corrected chi connectivity index (χ2v) is 6.39. The van der Waals surface area contributed by atoms with Crippen LogP contribution in [0.1, 0.15) is 16.1 Å². The van der Waals surface area contributed by atoms with Crippen LogP contribution in [0.15, 0.2) is 46.9 Å². The van der Waals surface area contributed by atoms with E-state index in [-0.39, 0.29) is 12.4 Å². The number of aryl methyl sites for hydroxylation is 1. The summed E-state index contributed by atoms with van der Waals surface area (Å²) in [5, 5.41) is 1.14. The lowest BCUT2D eigenvalue weighted by Gasteiger charge is -2.25. The van der Waals surface area contributed by atoms with Crippen LogP contribution < -0.4 is 20.3 Å². The smallest absolute Gasteiger partial charge is 0.305 e. The number of fused-ring (bicyclic) bond motifs is 2. The summed E-state index contributed by atoms with van der Waals surface area (Å²) >= 11 is 6.09. The predicted octanol–water partition coefficient (Wildman–Crippen LogP) is 3.00. The van der Waals surface area contributed by atoms with Crippen molar-refractivity contribution in [3.05, 3.63) is 58.8 Å². The minimum Gasteiger partial charge on any atom is -0.485 e. The Hall–Kier alpha value is -3.19. The van der Waals surface area contributed by atoms with Crippen LogP contribution in [-0.2, 0) is 4.79 Å². The van der Waals surface area contributed by atoms with Crippen molar-refractivity contribution >= 4 is 34.4 Å². The summed E-state index contributed by atoms with van der Waals surface area (Å²) in [6.45, 7) is 1.78. The number of hydrogen-bond acceptors (Lipinski definition) is 5. The van der Waals surface area contributed by atoms with Gasteiger partial charge in [0.25, 0.3) is 5.91 Å². The zero-order valence-electron chi connectivity index (χ0n) is 14.2. The molecule has 2 amide bonds. The number of benzene rings is 2. The van der Waals surface area contributed by atoms with Crippen molar-refractivity contribution in [2.75, 3.05) is 6.61 Å². The Morgan fingerprint density at radius 3 is 2.63 bits per heavy atom. The topological polar surface area (TPSA) is 89.8 Å². The van der Waals surface area contributed by atoms with E-state index >= 15 is 0 Å². The van der Waals surface area contributed by atoms with Crippen LogP contribution in [-0.4, -0.2) is 24.5 Å². The third-order valence-corrected chi connectivity index (χ3v) is 4.52. The molecule has 0 spiro atoms. The largest absolute Gasteiger partial charge is 0.485 e. The Labute approximate surface area is 159 Å². The molecular weight excluding hydrogens is 372 g/mol. The highest BCUT2D eigenvalue weighted by Gasteiger charge is 2.28. The minimum absolute atomic E-state index is 0.0397. The second-order valence-electron chi connectivity index (χ2n) is 5.98. The molecule has 3 aromatic rings. The van der Waals surface area contributed by atoms with Crippen LogP contribution in [0.4, 0.5) is 0 Å². The van der Waals surface area contributed by atoms with E-state index in [2.05, 4.69) is 10.9 Å². The van der Waals surface area contributed by atoms with Crippen LogP contribution in [0.5, 0.6) is 11.5 Å². The SMILES string of the molecule is Cc1c(C(=O)NNC(=O)C2COc3ccccc3O2)oc2c(Cl)cccc12. The van der Waals surface area contributed by atoms with Gasteiger partial charge >= 0.3 is 5.91 Å².